The van der Waals surface area contributed by atoms with Crippen molar-refractivity contribution in [2.24, 2.45) is 0 Å². The molecule has 2 amide bonds. The van der Waals surface area contributed by atoms with Crippen molar-refractivity contribution < 1.29 is 14.5 Å². The molecule has 1 N–H and O–H groups in total. The molecule has 8 heteroatoms. The van der Waals surface area contributed by atoms with E-state index in [1.54, 1.807) is 23.1 Å². The molecule has 0 bridgehead atoms. The molecule has 0 saturated heterocycles. The smallest absolute Gasteiger partial charge is 0.273 e. The number of hydrogen-bond donors (Lipinski definition) is 1. The molecule has 1 unspecified atom stereocenters. The van der Waals surface area contributed by atoms with Gasteiger partial charge in [0.25, 0.3) is 5.69 Å². The Labute approximate surface area is 225 Å². The lowest BCUT2D eigenvalue weighted by Crippen LogP contribution is -2.52. The number of benzene rings is 3. The second-order valence-electron chi connectivity index (χ2n) is 9.41. The maximum atomic E-state index is 13.9. The van der Waals surface area contributed by atoms with Crippen molar-refractivity contribution in [2.75, 3.05) is 0 Å². The van der Waals surface area contributed by atoms with Crippen LogP contribution >= 0.6 is 15.9 Å². The first kappa shape index (κ1) is 26.5. The van der Waals surface area contributed by atoms with E-state index in [9.17, 15) is 19.7 Å². The Kier molecular flexibility index (Phi) is 9.06. The van der Waals surface area contributed by atoms with Crippen LogP contribution in [-0.4, -0.2) is 33.7 Å². The summed E-state index contributed by atoms with van der Waals surface area (Å²) < 4.78 is 0.867. The zero-order valence-electron chi connectivity index (χ0n) is 20.5. The molecule has 1 aliphatic carbocycles. The number of amides is 2. The summed E-state index contributed by atoms with van der Waals surface area (Å²) >= 11 is 3.49. The fourth-order valence-corrected chi connectivity index (χ4v) is 5.30. The summed E-state index contributed by atoms with van der Waals surface area (Å²) in [5.41, 5.74) is 2.02. The maximum Gasteiger partial charge on any atom is 0.273 e. The van der Waals surface area contributed by atoms with Crippen molar-refractivity contribution in [3.8, 4) is 0 Å². The molecule has 4 rings (SSSR count). The van der Waals surface area contributed by atoms with Crippen LogP contribution < -0.4 is 5.32 Å². The van der Waals surface area contributed by atoms with Crippen molar-refractivity contribution in [3.05, 3.63) is 110 Å². The Hall–Kier alpha value is -3.52. The molecule has 0 aromatic heterocycles. The maximum absolute atomic E-state index is 13.9. The molecule has 0 radical (unpaired) electrons. The molecule has 192 valence electrons. The van der Waals surface area contributed by atoms with Gasteiger partial charge in [-0.05, 0) is 36.1 Å². The van der Waals surface area contributed by atoms with Crippen LogP contribution in [0.3, 0.4) is 0 Å². The summed E-state index contributed by atoms with van der Waals surface area (Å²) in [7, 11) is 0. The van der Waals surface area contributed by atoms with Crippen LogP contribution in [0, 0.1) is 10.1 Å². The second-order valence-corrected chi connectivity index (χ2v) is 10.3. The highest BCUT2D eigenvalue weighted by Gasteiger charge is 2.33. The molecule has 1 aliphatic rings. The van der Waals surface area contributed by atoms with Crippen molar-refractivity contribution in [2.45, 2.75) is 57.2 Å². The molecular formula is C29H30BrN3O4. The fraction of sp³-hybridized carbons (Fsp3) is 0.310. The SMILES string of the molecule is O=C(NC1CCCC1)C(Cc1ccccc1)N(Cc1cccc(Br)c1)C(=O)Cc1ccccc1[N+](=O)[O-]. The number of carbonyl (C=O) groups excluding carboxylic acids is 2. The van der Waals surface area contributed by atoms with Gasteiger partial charge in [0.1, 0.15) is 6.04 Å². The number of hydrogen-bond acceptors (Lipinski definition) is 4. The van der Waals surface area contributed by atoms with E-state index < -0.39 is 11.0 Å². The van der Waals surface area contributed by atoms with Gasteiger partial charge in [-0.2, -0.15) is 0 Å². The number of rotatable bonds is 10. The van der Waals surface area contributed by atoms with Gasteiger partial charge in [0.2, 0.25) is 11.8 Å². The average molecular weight is 564 g/mol. The largest absolute Gasteiger partial charge is 0.352 e. The van der Waals surface area contributed by atoms with E-state index in [0.29, 0.717) is 12.0 Å². The quantitative estimate of drug-likeness (QED) is 0.256. The van der Waals surface area contributed by atoms with E-state index >= 15 is 0 Å². The summed E-state index contributed by atoms with van der Waals surface area (Å²) in [4.78, 5) is 40.3. The van der Waals surface area contributed by atoms with E-state index in [1.807, 2.05) is 54.6 Å². The van der Waals surface area contributed by atoms with E-state index in [0.717, 1.165) is 41.3 Å². The molecule has 0 aliphatic heterocycles. The Morgan fingerprint density at radius 3 is 2.35 bits per heavy atom. The van der Waals surface area contributed by atoms with E-state index in [2.05, 4.69) is 21.2 Å². The molecule has 0 spiro atoms. The molecule has 3 aromatic carbocycles. The van der Waals surface area contributed by atoms with E-state index in [-0.39, 0.29) is 36.5 Å². The third-order valence-corrected chi connectivity index (χ3v) is 7.24. The summed E-state index contributed by atoms with van der Waals surface area (Å²) in [6.45, 7) is 0.203. The first-order valence-corrected chi connectivity index (χ1v) is 13.3. The van der Waals surface area contributed by atoms with Crippen molar-refractivity contribution in [1.29, 1.82) is 0 Å². The number of para-hydroxylation sites is 1. The lowest BCUT2D eigenvalue weighted by molar-refractivity contribution is -0.385. The number of carbonyl (C=O) groups is 2. The van der Waals surface area contributed by atoms with Crippen LogP contribution in [0.1, 0.15) is 42.4 Å². The minimum Gasteiger partial charge on any atom is -0.352 e. The van der Waals surface area contributed by atoms with Crippen LogP contribution in [0.15, 0.2) is 83.3 Å². The van der Waals surface area contributed by atoms with Gasteiger partial charge in [-0.3, -0.25) is 19.7 Å². The lowest BCUT2D eigenvalue weighted by Gasteiger charge is -2.32. The first-order valence-electron chi connectivity index (χ1n) is 12.5. The van der Waals surface area contributed by atoms with Crippen LogP contribution in [0.2, 0.25) is 0 Å². The molecule has 3 aromatic rings. The van der Waals surface area contributed by atoms with Gasteiger partial charge in [-0.15, -0.1) is 0 Å². The first-order chi connectivity index (χ1) is 17.9. The van der Waals surface area contributed by atoms with Crippen LogP contribution in [0.25, 0.3) is 0 Å². The van der Waals surface area contributed by atoms with E-state index in [1.165, 1.54) is 6.07 Å². The van der Waals surface area contributed by atoms with Crippen molar-refractivity contribution in [1.82, 2.24) is 10.2 Å². The number of halogens is 1. The van der Waals surface area contributed by atoms with Gasteiger partial charge in [-0.25, -0.2) is 0 Å². The van der Waals surface area contributed by atoms with Crippen molar-refractivity contribution in [3.63, 3.8) is 0 Å². The zero-order valence-corrected chi connectivity index (χ0v) is 22.1. The molecular weight excluding hydrogens is 534 g/mol. The minimum absolute atomic E-state index is 0.101. The van der Waals surface area contributed by atoms with Gasteiger partial charge in [-0.1, -0.05) is 89.4 Å². The summed E-state index contributed by atoms with van der Waals surface area (Å²) in [5.74, 6) is -0.529. The molecule has 37 heavy (non-hydrogen) atoms. The minimum atomic E-state index is -0.766. The van der Waals surface area contributed by atoms with Crippen LogP contribution in [0.5, 0.6) is 0 Å². The number of nitro benzene ring substituents is 1. The fourth-order valence-electron chi connectivity index (χ4n) is 4.86. The average Bonchev–Trinajstić information content (AvgIpc) is 3.40. The monoisotopic (exact) mass is 563 g/mol. The van der Waals surface area contributed by atoms with Gasteiger partial charge in [0, 0.05) is 35.1 Å². The Morgan fingerprint density at radius 2 is 1.65 bits per heavy atom. The lowest BCUT2D eigenvalue weighted by atomic mass is 10.0. The van der Waals surface area contributed by atoms with Crippen molar-refractivity contribution >= 4 is 33.4 Å². The number of nitrogens with one attached hydrogen (secondary N) is 1. The van der Waals surface area contributed by atoms with Crippen LogP contribution in [-0.2, 0) is 29.0 Å². The second kappa shape index (κ2) is 12.6. The normalized spacial score (nSPS) is 14.2. The zero-order chi connectivity index (χ0) is 26.2. The number of nitro groups is 1. The van der Waals surface area contributed by atoms with Gasteiger partial charge >= 0.3 is 0 Å². The van der Waals surface area contributed by atoms with Gasteiger partial charge in [0.15, 0.2) is 0 Å². The highest BCUT2D eigenvalue weighted by atomic mass is 79.9. The third kappa shape index (κ3) is 7.26. The van der Waals surface area contributed by atoms with Crippen LogP contribution in [0.4, 0.5) is 5.69 Å². The Balaban J connectivity index is 1.69. The highest BCUT2D eigenvalue weighted by molar-refractivity contribution is 9.10. The highest BCUT2D eigenvalue weighted by Crippen LogP contribution is 2.23. The molecule has 1 saturated carbocycles. The molecule has 7 nitrogen and oxygen atoms in total. The molecule has 1 fully saturated rings. The summed E-state index contributed by atoms with van der Waals surface area (Å²) in [6, 6.07) is 22.8. The standard InChI is InChI=1S/C29H30BrN3O4/c30-24-13-8-11-22(17-24)20-32(28(34)19-23-12-4-7-16-26(23)33(36)37)27(18-21-9-2-1-3-10-21)29(35)31-25-14-5-6-15-25/h1-4,7-13,16-17,25,27H,5-6,14-15,18-20H2,(H,31,35). The predicted molar refractivity (Wildman–Crippen MR) is 146 cm³/mol. The molecule has 0 heterocycles. The molecule has 1 atom stereocenters. The Morgan fingerprint density at radius 1 is 0.973 bits per heavy atom. The van der Waals surface area contributed by atoms with Gasteiger partial charge in [0.05, 0.1) is 11.3 Å². The van der Waals surface area contributed by atoms with E-state index in [4.69, 9.17) is 0 Å². The summed E-state index contributed by atoms with van der Waals surface area (Å²) in [6.07, 6.45) is 4.18. The Bertz CT molecular complexity index is 1240. The third-order valence-electron chi connectivity index (χ3n) is 6.74. The van der Waals surface area contributed by atoms with Gasteiger partial charge < -0.3 is 10.2 Å². The topological polar surface area (TPSA) is 92.6 Å². The summed E-state index contributed by atoms with van der Waals surface area (Å²) in [5, 5.41) is 14.8. The predicted octanol–water partition coefficient (Wildman–Crippen LogP) is 5.60. The number of nitrogens with zero attached hydrogens (tertiary/aromatic N) is 2.